The third-order valence-corrected chi connectivity index (χ3v) is 4.27. The Morgan fingerprint density at radius 1 is 1.24 bits per heavy atom. The number of ether oxygens (including phenoxy) is 2. The molecule has 0 saturated heterocycles. The summed E-state index contributed by atoms with van der Waals surface area (Å²) in [6.45, 7) is 7.03. The van der Waals surface area contributed by atoms with Gasteiger partial charge in [-0.15, -0.1) is 0 Å². The number of carbonyl (C=O) groups is 2. The molecule has 0 aliphatic heterocycles. The summed E-state index contributed by atoms with van der Waals surface area (Å²) < 4.78 is 10.6. The van der Waals surface area contributed by atoms with E-state index in [0.717, 1.165) is 5.56 Å². The molecule has 1 heterocycles. The Balaban J connectivity index is 2.15. The maximum absolute atomic E-state index is 12.7. The maximum atomic E-state index is 12.7. The van der Waals surface area contributed by atoms with Crippen LogP contribution < -0.4 is 5.32 Å². The molecule has 1 atom stereocenters. The summed E-state index contributed by atoms with van der Waals surface area (Å²) in [7, 11) is 0. The van der Waals surface area contributed by atoms with Crippen molar-refractivity contribution in [2.24, 2.45) is 0 Å². The fourth-order valence-corrected chi connectivity index (χ4v) is 2.71. The van der Waals surface area contributed by atoms with E-state index in [1.54, 1.807) is 20.8 Å². The van der Waals surface area contributed by atoms with Crippen molar-refractivity contribution in [1.82, 2.24) is 10.3 Å². The van der Waals surface area contributed by atoms with Crippen molar-refractivity contribution in [2.45, 2.75) is 58.8 Å². The Morgan fingerprint density at radius 2 is 1.94 bits per heavy atom. The first-order valence-electron chi connectivity index (χ1n) is 10.4. The highest BCUT2D eigenvalue weighted by atomic mass is 16.6. The van der Waals surface area contributed by atoms with Crippen molar-refractivity contribution < 1.29 is 24.0 Å². The van der Waals surface area contributed by atoms with Crippen molar-refractivity contribution in [3.63, 3.8) is 0 Å². The van der Waals surface area contributed by atoms with Gasteiger partial charge in [0.15, 0.2) is 6.20 Å². The molecule has 1 amide bonds. The lowest BCUT2D eigenvalue weighted by Gasteiger charge is -2.22. The molecule has 2 aromatic rings. The smallest absolute Gasteiger partial charge is 0.408 e. The number of pyridine rings is 1. The molecule has 0 bridgehead atoms. The first kappa shape index (κ1) is 25.3. The average Bonchev–Trinajstić information content (AvgIpc) is 2.76. The van der Waals surface area contributed by atoms with Crippen LogP contribution in [0.25, 0.3) is 0 Å². The first-order chi connectivity index (χ1) is 15.6. The van der Waals surface area contributed by atoms with E-state index >= 15 is 0 Å². The number of alkyl carbamates (subject to hydrolysis) is 1. The molecule has 9 heteroatoms. The molecule has 1 aromatic heterocycles. The van der Waals surface area contributed by atoms with Crippen LogP contribution in [0.4, 0.5) is 10.6 Å². The van der Waals surface area contributed by atoms with E-state index in [4.69, 9.17) is 9.47 Å². The van der Waals surface area contributed by atoms with Gasteiger partial charge in [0.1, 0.15) is 18.2 Å². The summed E-state index contributed by atoms with van der Waals surface area (Å²) in [5.74, 6) is 4.80. The molecule has 0 saturated carbocycles. The van der Waals surface area contributed by atoms with Crippen molar-refractivity contribution in [3.8, 4) is 11.8 Å². The van der Waals surface area contributed by atoms with Crippen LogP contribution in [0, 0.1) is 22.0 Å². The number of hydrogen-bond acceptors (Lipinski definition) is 7. The first-order valence-corrected chi connectivity index (χ1v) is 10.4. The van der Waals surface area contributed by atoms with Gasteiger partial charge < -0.3 is 24.9 Å². The van der Waals surface area contributed by atoms with E-state index in [-0.39, 0.29) is 18.8 Å². The van der Waals surface area contributed by atoms with Crippen LogP contribution in [0.5, 0.6) is 0 Å². The molecule has 0 aliphatic rings. The monoisotopic (exact) mass is 453 g/mol. The van der Waals surface area contributed by atoms with Gasteiger partial charge in [-0.25, -0.2) is 9.59 Å². The number of aryl methyl sites for hydroxylation is 1. The van der Waals surface area contributed by atoms with E-state index < -0.39 is 28.6 Å². The van der Waals surface area contributed by atoms with E-state index in [9.17, 15) is 19.7 Å². The second-order valence-corrected chi connectivity index (χ2v) is 8.11. The summed E-state index contributed by atoms with van der Waals surface area (Å²) in [5, 5.41) is 13.4. The van der Waals surface area contributed by atoms with Crippen molar-refractivity contribution in [2.75, 3.05) is 0 Å². The van der Waals surface area contributed by atoms with Crippen LogP contribution in [0.15, 0.2) is 42.6 Å². The lowest BCUT2D eigenvalue weighted by atomic mass is 10.1. The van der Waals surface area contributed by atoms with Crippen molar-refractivity contribution >= 4 is 17.9 Å². The second-order valence-electron chi connectivity index (χ2n) is 8.11. The van der Waals surface area contributed by atoms with Gasteiger partial charge in [0.2, 0.25) is 0 Å². The molecule has 33 heavy (non-hydrogen) atoms. The molecular formula is C24H27N3O6. The zero-order chi connectivity index (χ0) is 24.4. The molecular weight excluding hydrogens is 426 g/mol. The Labute approximate surface area is 192 Å². The van der Waals surface area contributed by atoms with Gasteiger partial charge in [-0.05, 0) is 48.2 Å². The van der Waals surface area contributed by atoms with Gasteiger partial charge in [-0.1, -0.05) is 49.1 Å². The lowest BCUT2D eigenvalue weighted by molar-refractivity contribution is -0.389. The highest BCUT2D eigenvalue weighted by molar-refractivity contribution is 5.81. The third-order valence-electron chi connectivity index (χ3n) is 4.27. The molecule has 1 aromatic carbocycles. The molecule has 0 radical (unpaired) electrons. The van der Waals surface area contributed by atoms with Gasteiger partial charge in [0.25, 0.3) is 0 Å². The number of benzene rings is 1. The maximum Gasteiger partial charge on any atom is 0.408 e. The molecule has 2 rings (SSSR count). The Morgan fingerprint density at radius 3 is 2.55 bits per heavy atom. The number of nitrogens with zero attached hydrogens (tertiary/aromatic N) is 2. The minimum Gasteiger partial charge on any atom is -0.459 e. The van der Waals surface area contributed by atoms with Crippen LogP contribution in [0.1, 0.15) is 50.8 Å². The molecule has 1 N–H and O–H groups in total. The number of nitro groups is 1. The van der Waals surface area contributed by atoms with Gasteiger partial charge >= 0.3 is 17.9 Å². The minimum atomic E-state index is -1.06. The predicted molar refractivity (Wildman–Crippen MR) is 121 cm³/mol. The largest absolute Gasteiger partial charge is 0.459 e. The number of amides is 1. The molecule has 0 fully saturated rings. The van der Waals surface area contributed by atoms with E-state index in [2.05, 4.69) is 22.1 Å². The minimum absolute atomic E-state index is 0.0475. The van der Waals surface area contributed by atoms with Crippen LogP contribution in [0.2, 0.25) is 0 Å². The Hall–Kier alpha value is -3.93. The summed E-state index contributed by atoms with van der Waals surface area (Å²) in [4.78, 5) is 39.0. The number of nitrogens with one attached hydrogen (secondary N) is 1. The lowest BCUT2D eigenvalue weighted by Crippen LogP contribution is -2.44. The van der Waals surface area contributed by atoms with Crippen molar-refractivity contribution in [1.29, 1.82) is 0 Å². The topological polar surface area (TPSA) is 121 Å². The van der Waals surface area contributed by atoms with Crippen LogP contribution in [0.3, 0.4) is 0 Å². The quantitative estimate of drug-likeness (QED) is 0.292. The van der Waals surface area contributed by atoms with Crippen LogP contribution in [-0.4, -0.2) is 33.6 Å². The van der Waals surface area contributed by atoms with Gasteiger partial charge in [0.05, 0.1) is 5.56 Å². The standard InChI is InChI=1S/C24H27N3O6/c1-5-18-14-21(27(30)31)25-15-19(18)12-9-13-20(26-23(29)33-24(2,3)4)22(28)32-16-17-10-7-6-8-11-17/h6-8,10-11,14-15,20H,5,13,16H2,1-4H3,(H,26,29). The molecule has 0 aliphatic carbocycles. The van der Waals surface area contributed by atoms with E-state index in [0.29, 0.717) is 17.5 Å². The zero-order valence-corrected chi connectivity index (χ0v) is 19.1. The summed E-state index contributed by atoms with van der Waals surface area (Å²) in [6.07, 6.45) is 1.03. The summed E-state index contributed by atoms with van der Waals surface area (Å²) in [6, 6.07) is 9.45. The normalized spacial score (nSPS) is 11.5. The fraction of sp³-hybridized carbons (Fsp3) is 0.375. The highest BCUT2D eigenvalue weighted by Gasteiger charge is 2.25. The van der Waals surface area contributed by atoms with Gasteiger partial charge in [-0.3, -0.25) is 0 Å². The summed E-state index contributed by atoms with van der Waals surface area (Å²) in [5.41, 5.74) is 1.23. The third kappa shape index (κ3) is 8.61. The van der Waals surface area contributed by atoms with E-state index in [1.165, 1.54) is 12.3 Å². The van der Waals surface area contributed by atoms with E-state index in [1.807, 2.05) is 37.3 Å². The fourth-order valence-electron chi connectivity index (χ4n) is 2.71. The number of aromatic nitrogens is 1. The molecule has 174 valence electrons. The average molecular weight is 453 g/mol. The number of hydrogen-bond donors (Lipinski definition) is 1. The van der Waals surface area contributed by atoms with Gasteiger partial charge in [-0.2, -0.15) is 0 Å². The zero-order valence-electron chi connectivity index (χ0n) is 19.1. The van der Waals surface area contributed by atoms with Crippen LogP contribution >= 0.6 is 0 Å². The van der Waals surface area contributed by atoms with Gasteiger partial charge in [0, 0.05) is 12.5 Å². The van der Waals surface area contributed by atoms with Crippen molar-refractivity contribution in [3.05, 3.63) is 69.4 Å². The predicted octanol–water partition coefficient (Wildman–Crippen LogP) is 3.93. The van der Waals surface area contributed by atoms with Crippen LogP contribution in [-0.2, 0) is 27.3 Å². The molecule has 0 spiro atoms. The SMILES string of the molecule is CCc1cc([N+](=O)[O-])ncc1C#CCC(NC(=O)OC(C)(C)C)C(=O)OCc1ccccc1. The highest BCUT2D eigenvalue weighted by Crippen LogP contribution is 2.15. The Bertz CT molecular complexity index is 1050. The number of esters is 1. The second kappa shape index (κ2) is 11.6. The number of rotatable bonds is 7. The Kier molecular flexibility index (Phi) is 8.92. The molecule has 9 nitrogen and oxygen atoms in total. The number of carbonyl (C=O) groups excluding carboxylic acids is 2. The molecule has 1 unspecified atom stereocenters. The summed E-state index contributed by atoms with van der Waals surface area (Å²) >= 11 is 0.